The van der Waals surface area contributed by atoms with E-state index in [2.05, 4.69) is 34.5 Å². The van der Waals surface area contributed by atoms with Gasteiger partial charge in [0, 0.05) is 37.6 Å². The number of nitrogens with one attached hydrogen (secondary N) is 1. The molecule has 2 amide bonds. The molecule has 0 aliphatic carbocycles. The summed E-state index contributed by atoms with van der Waals surface area (Å²) in [6.45, 7) is 8.78. The van der Waals surface area contributed by atoms with Gasteiger partial charge >= 0.3 is 6.09 Å². The normalized spacial score (nSPS) is 14.9. The van der Waals surface area contributed by atoms with Crippen molar-refractivity contribution >= 4 is 40.4 Å². The van der Waals surface area contributed by atoms with Crippen LogP contribution in [0.2, 0.25) is 0 Å². The molecule has 0 radical (unpaired) electrons. The molecule has 0 aromatic heterocycles. The summed E-state index contributed by atoms with van der Waals surface area (Å²) in [4.78, 5) is 32.4. The fourth-order valence-electron chi connectivity index (χ4n) is 5.55. The van der Waals surface area contributed by atoms with E-state index in [0.29, 0.717) is 30.9 Å². The van der Waals surface area contributed by atoms with E-state index in [0.717, 1.165) is 52.5 Å². The van der Waals surface area contributed by atoms with E-state index in [9.17, 15) is 9.59 Å². The Labute approximate surface area is 252 Å². The lowest BCUT2D eigenvalue weighted by Crippen LogP contribution is -2.50. The first-order chi connectivity index (χ1) is 20.6. The highest BCUT2D eigenvalue weighted by Crippen LogP contribution is 2.39. The molecule has 8 nitrogen and oxygen atoms in total. The minimum absolute atomic E-state index is 0.0861. The third-order valence-corrected chi connectivity index (χ3v) is 7.76. The SMILES string of the molecule is CC(C)(C)OC(=O)N1CCN(c2ccc(-c3ccc4c(c3)C(=O)N(Cc3ccccc3)c3cc(N)ccc3N4)cc2)CC1. The first kappa shape index (κ1) is 28.2. The molecule has 1 fully saturated rings. The van der Waals surface area contributed by atoms with E-state index < -0.39 is 5.60 Å². The second-order valence-corrected chi connectivity index (χ2v) is 12.0. The van der Waals surface area contributed by atoms with Crippen molar-refractivity contribution in [3.63, 3.8) is 0 Å². The second-order valence-electron chi connectivity index (χ2n) is 12.0. The van der Waals surface area contributed by atoms with Gasteiger partial charge in [0.25, 0.3) is 5.91 Å². The third-order valence-electron chi connectivity index (χ3n) is 7.76. The van der Waals surface area contributed by atoms with Crippen molar-refractivity contribution < 1.29 is 14.3 Å². The van der Waals surface area contributed by atoms with E-state index in [-0.39, 0.29) is 12.0 Å². The zero-order chi connectivity index (χ0) is 30.1. The molecule has 43 heavy (non-hydrogen) atoms. The third kappa shape index (κ3) is 6.14. The highest BCUT2D eigenvalue weighted by Gasteiger charge is 2.28. The number of nitrogens with zero attached hydrogens (tertiary/aromatic N) is 3. The van der Waals surface area contributed by atoms with Crippen molar-refractivity contribution in [2.24, 2.45) is 0 Å². The number of rotatable bonds is 4. The van der Waals surface area contributed by atoms with Gasteiger partial charge in [0.1, 0.15) is 5.60 Å². The molecule has 4 aromatic rings. The van der Waals surface area contributed by atoms with Crippen molar-refractivity contribution in [3.8, 4) is 11.1 Å². The number of ether oxygens (including phenoxy) is 1. The summed E-state index contributed by atoms with van der Waals surface area (Å²) in [5.74, 6) is -0.0861. The lowest BCUT2D eigenvalue weighted by molar-refractivity contribution is 0.0240. The summed E-state index contributed by atoms with van der Waals surface area (Å²) in [6.07, 6.45) is -0.261. The van der Waals surface area contributed by atoms with E-state index in [1.165, 1.54) is 0 Å². The number of nitrogen functional groups attached to an aromatic ring is 1. The van der Waals surface area contributed by atoms with Crippen LogP contribution in [0.15, 0.2) is 91.0 Å². The van der Waals surface area contributed by atoms with Crippen molar-refractivity contribution in [1.82, 2.24) is 4.90 Å². The Balaban J connectivity index is 1.22. The van der Waals surface area contributed by atoms with Gasteiger partial charge in [-0.3, -0.25) is 4.79 Å². The predicted octanol–water partition coefficient (Wildman–Crippen LogP) is 6.90. The number of fused-ring (bicyclic) bond motifs is 2. The molecule has 1 saturated heterocycles. The van der Waals surface area contributed by atoms with Crippen molar-refractivity contribution in [3.05, 3.63) is 102 Å². The Morgan fingerprint density at radius 2 is 1.51 bits per heavy atom. The summed E-state index contributed by atoms with van der Waals surface area (Å²) in [5.41, 5.74) is 13.3. The molecule has 4 aromatic carbocycles. The van der Waals surface area contributed by atoms with Gasteiger partial charge in [-0.2, -0.15) is 0 Å². The summed E-state index contributed by atoms with van der Waals surface area (Å²) in [6, 6.07) is 29.9. The molecule has 0 saturated carbocycles. The van der Waals surface area contributed by atoms with Gasteiger partial charge in [-0.15, -0.1) is 0 Å². The minimum atomic E-state index is -0.501. The summed E-state index contributed by atoms with van der Waals surface area (Å²) < 4.78 is 5.53. The van der Waals surface area contributed by atoms with E-state index >= 15 is 0 Å². The van der Waals surface area contributed by atoms with Crippen LogP contribution in [0.1, 0.15) is 36.7 Å². The molecule has 8 heteroatoms. The smallest absolute Gasteiger partial charge is 0.410 e. The predicted molar refractivity (Wildman–Crippen MR) is 173 cm³/mol. The number of hydrogen-bond acceptors (Lipinski definition) is 6. The molecule has 220 valence electrons. The van der Waals surface area contributed by atoms with Crippen LogP contribution in [0, 0.1) is 0 Å². The Kier molecular flexibility index (Phi) is 7.44. The molecule has 0 spiro atoms. The quantitative estimate of drug-likeness (QED) is 0.257. The first-order valence-corrected chi connectivity index (χ1v) is 14.6. The number of hydrogen-bond donors (Lipinski definition) is 2. The number of carbonyl (C=O) groups is 2. The molecule has 2 aliphatic heterocycles. The number of anilines is 5. The van der Waals surface area contributed by atoms with E-state index in [1.54, 1.807) is 9.80 Å². The Bertz CT molecular complexity index is 1640. The van der Waals surface area contributed by atoms with Crippen LogP contribution in [-0.2, 0) is 11.3 Å². The van der Waals surface area contributed by atoms with Gasteiger partial charge in [-0.25, -0.2) is 4.79 Å². The zero-order valence-electron chi connectivity index (χ0n) is 24.8. The lowest BCUT2D eigenvalue weighted by atomic mass is 10.0. The van der Waals surface area contributed by atoms with Gasteiger partial charge in [-0.05, 0) is 79.9 Å². The zero-order valence-corrected chi connectivity index (χ0v) is 24.8. The fraction of sp³-hybridized carbons (Fsp3) is 0.257. The van der Waals surface area contributed by atoms with Crippen molar-refractivity contribution in [2.45, 2.75) is 32.9 Å². The first-order valence-electron chi connectivity index (χ1n) is 14.6. The number of nitrogens with two attached hydrogens (primary N) is 1. The summed E-state index contributed by atoms with van der Waals surface area (Å²) >= 11 is 0. The number of benzene rings is 4. The largest absolute Gasteiger partial charge is 0.444 e. The Hall–Kier alpha value is -4.98. The molecule has 0 bridgehead atoms. The maximum Gasteiger partial charge on any atom is 0.410 e. The van der Waals surface area contributed by atoms with Crippen molar-refractivity contribution in [1.29, 1.82) is 0 Å². The molecular formula is C35H37N5O3. The average Bonchev–Trinajstić information content (AvgIpc) is 3.11. The maximum absolute atomic E-state index is 14.1. The average molecular weight is 576 g/mol. The van der Waals surface area contributed by atoms with Crippen LogP contribution in [0.4, 0.5) is 33.2 Å². The lowest BCUT2D eigenvalue weighted by Gasteiger charge is -2.36. The highest BCUT2D eigenvalue weighted by molar-refractivity contribution is 6.14. The Morgan fingerprint density at radius 3 is 2.21 bits per heavy atom. The second kappa shape index (κ2) is 11.4. The molecule has 2 aliphatic rings. The van der Waals surface area contributed by atoms with Gasteiger partial charge in [-0.1, -0.05) is 48.5 Å². The summed E-state index contributed by atoms with van der Waals surface area (Å²) in [5, 5.41) is 3.47. The Morgan fingerprint density at radius 1 is 0.837 bits per heavy atom. The molecule has 2 heterocycles. The highest BCUT2D eigenvalue weighted by atomic mass is 16.6. The minimum Gasteiger partial charge on any atom is -0.444 e. The van der Waals surface area contributed by atoms with Gasteiger partial charge < -0.3 is 30.5 Å². The monoisotopic (exact) mass is 575 g/mol. The molecule has 0 atom stereocenters. The number of carbonyl (C=O) groups excluding carboxylic acids is 2. The van der Waals surface area contributed by atoms with Gasteiger partial charge in [0.05, 0.1) is 29.2 Å². The van der Waals surface area contributed by atoms with Crippen LogP contribution in [0.25, 0.3) is 11.1 Å². The van der Waals surface area contributed by atoms with Crippen LogP contribution in [0.3, 0.4) is 0 Å². The van der Waals surface area contributed by atoms with Gasteiger partial charge in [0.2, 0.25) is 0 Å². The van der Waals surface area contributed by atoms with Crippen LogP contribution in [-0.4, -0.2) is 48.7 Å². The van der Waals surface area contributed by atoms with Crippen LogP contribution in [0.5, 0.6) is 0 Å². The number of amides is 2. The van der Waals surface area contributed by atoms with E-state index in [1.807, 2.05) is 87.5 Å². The summed E-state index contributed by atoms with van der Waals surface area (Å²) in [7, 11) is 0. The molecule has 6 rings (SSSR count). The maximum atomic E-state index is 14.1. The van der Waals surface area contributed by atoms with Gasteiger partial charge in [0.15, 0.2) is 0 Å². The van der Waals surface area contributed by atoms with Crippen molar-refractivity contribution in [2.75, 3.05) is 47.0 Å². The van der Waals surface area contributed by atoms with Crippen LogP contribution >= 0.6 is 0 Å². The van der Waals surface area contributed by atoms with Crippen LogP contribution < -0.4 is 20.9 Å². The number of piperazine rings is 1. The molecule has 3 N–H and O–H groups in total. The van der Waals surface area contributed by atoms with E-state index in [4.69, 9.17) is 10.5 Å². The standard InChI is InChI=1S/C35H37N5O3/c1-35(2,3)43-34(42)39-19-17-38(18-20-39)28-13-9-25(10-14-28)26-11-15-30-29(21-26)33(41)40(23-24-7-5-4-6-8-24)32-22-27(36)12-16-31(32)37-30/h4-16,21-22,37H,17-20,23,36H2,1-3H3. The topological polar surface area (TPSA) is 91.1 Å². The fourth-order valence-corrected chi connectivity index (χ4v) is 5.55. The molecule has 0 unspecified atom stereocenters. The molecular weight excluding hydrogens is 538 g/mol.